The summed E-state index contributed by atoms with van der Waals surface area (Å²) in [7, 11) is 3.64. The second kappa shape index (κ2) is 5.31. The van der Waals surface area contributed by atoms with E-state index in [1.54, 1.807) is 11.8 Å². The van der Waals surface area contributed by atoms with Crippen molar-refractivity contribution in [3.8, 4) is 16.9 Å². The fourth-order valence-corrected chi connectivity index (χ4v) is 4.10. The minimum absolute atomic E-state index is 0.542. The Morgan fingerprint density at radius 1 is 1.16 bits per heavy atom. The van der Waals surface area contributed by atoms with Gasteiger partial charge in [-0.25, -0.2) is 4.52 Å². The SMILES string of the molecule is COc1cc(-c2cnn(C)c2)cn2ncc(CN3CC4(CNC4)C3)c12. The Labute approximate surface area is 146 Å². The molecule has 0 radical (unpaired) electrons. The molecule has 130 valence electrons. The molecule has 0 amide bonds. The molecule has 25 heavy (non-hydrogen) atoms. The highest BCUT2D eigenvalue weighted by Gasteiger charge is 2.47. The summed E-state index contributed by atoms with van der Waals surface area (Å²) >= 11 is 0. The molecule has 2 aliphatic heterocycles. The minimum atomic E-state index is 0.542. The van der Waals surface area contributed by atoms with Crippen LogP contribution >= 0.6 is 0 Å². The zero-order valence-electron chi connectivity index (χ0n) is 14.6. The van der Waals surface area contributed by atoms with Crippen LogP contribution in [0, 0.1) is 5.41 Å². The molecule has 0 atom stereocenters. The van der Waals surface area contributed by atoms with Gasteiger partial charge in [-0.3, -0.25) is 9.58 Å². The maximum atomic E-state index is 5.69. The standard InChI is InChI=1S/C18H22N6O/c1-22-6-14(4-20-22)13-3-16(25-2)17-15(5-21-24(17)8-13)7-23-11-18(12-23)9-19-10-18/h3-6,8,19H,7,9-12H2,1-2H3. The third-order valence-corrected chi connectivity index (χ3v) is 5.42. The number of nitrogens with one attached hydrogen (secondary N) is 1. The fraction of sp³-hybridized carbons (Fsp3) is 0.444. The first-order chi connectivity index (χ1) is 12.2. The van der Waals surface area contributed by atoms with Gasteiger partial charge in [0.05, 0.1) is 19.5 Å². The van der Waals surface area contributed by atoms with Crippen LogP contribution in [-0.2, 0) is 13.6 Å². The van der Waals surface area contributed by atoms with Crippen LogP contribution < -0.4 is 10.1 Å². The van der Waals surface area contributed by atoms with E-state index in [2.05, 4.69) is 26.5 Å². The number of hydrogen-bond donors (Lipinski definition) is 1. The van der Waals surface area contributed by atoms with Crippen LogP contribution in [0.25, 0.3) is 16.6 Å². The van der Waals surface area contributed by atoms with E-state index in [1.165, 1.54) is 18.7 Å². The lowest BCUT2D eigenvalue weighted by Gasteiger charge is -2.56. The van der Waals surface area contributed by atoms with Crippen LogP contribution in [-0.4, -0.2) is 57.6 Å². The third kappa shape index (κ3) is 2.34. The van der Waals surface area contributed by atoms with Gasteiger partial charge in [-0.2, -0.15) is 10.2 Å². The van der Waals surface area contributed by atoms with Crippen LogP contribution in [0.5, 0.6) is 5.75 Å². The molecule has 7 heteroatoms. The molecular weight excluding hydrogens is 316 g/mol. The number of fused-ring (bicyclic) bond motifs is 1. The van der Waals surface area contributed by atoms with Crippen molar-refractivity contribution in [2.24, 2.45) is 12.5 Å². The van der Waals surface area contributed by atoms with Crippen molar-refractivity contribution in [3.63, 3.8) is 0 Å². The van der Waals surface area contributed by atoms with Gasteiger partial charge in [-0.05, 0) is 6.07 Å². The minimum Gasteiger partial charge on any atom is -0.494 e. The van der Waals surface area contributed by atoms with E-state index in [0.29, 0.717) is 5.41 Å². The van der Waals surface area contributed by atoms with Gasteiger partial charge >= 0.3 is 0 Å². The molecule has 2 saturated heterocycles. The van der Waals surface area contributed by atoms with Crippen molar-refractivity contribution in [1.82, 2.24) is 29.6 Å². The predicted molar refractivity (Wildman–Crippen MR) is 94.5 cm³/mol. The Hall–Kier alpha value is -2.38. The van der Waals surface area contributed by atoms with Crippen molar-refractivity contribution in [2.45, 2.75) is 6.54 Å². The molecule has 5 rings (SSSR count). The van der Waals surface area contributed by atoms with Crippen LogP contribution in [0.3, 0.4) is 0 Å². The Kier molecular flexibility index (Phi) is 3.17. The number of hydrogen-bond acceptors (Lipinski definition) is 5. The van der Waals surface area contributed by atoms with Crippen molar-refractivity contribution in [3.05, 3.63) is 36.4 Å². The maximum Gasteiger partial charge on any atom is 0.145 e. The van der Waals surface area contributed by atoms with E-state index < -0.39 is 0 Å². The lowest BCUT2D eigenvalue weighted by Crippen LogP contribution is -2.70. The molecule has 0 aromatic carbocycles. The van der Waals surface area contributed by atoms with Crippen molar-refractivity contribution in [2.75, 3.05) is 33.3 Å². The highest BCUT2D eigenvalue weighted by Crippen LogP contribution is 2.36. The van der Waals surface area contributed by atoms with Gasteiger partial charge in [0.15, 0.2) is 0 Å². The predicted octanol–water partition coefficient (Wildman–Crippen LogP) is 1.15. The van der Waals surface area contributed by atoms with Crippen molar-refractivity contribution >= 4 is 5.52 Å². The lowest BCUT2D eigenvalue weighted by atomic mass is 9.74. The summed E-state index contributed by atoms with van der Waals surface area (Å²) in [5.74, 6) is 0.856. The number of likely N-dealkylation sites (tertiary alicyclic amines) is 1. The van der Waals surface area contributed by atoms with Gasteiger partial charge in [0.1, 0.15) is 11.3 Å². The van der Waals surface area contributed by atoms with Gasteiger partial charge in [-0.15, -0.1) is 0 Å². The second-order valence-corrected chi connectivity index (χ2v) is 7.41. The molecule has 0 aliphatic carbocycles. The van der Waals surface area contributed by atoms with E-state index in [9.17, 15) is 0 Å². The summed E-state index contributed by atoms with van der Waals surface area (Å²) in [5, 5.41) is 12.2. The summed E-state index contributed by atoms with van der Waals surface area (Å²) in [4.78, 5) is 2.49. The number of nitrogens with zero attached hydrogens (tertiary/aromatic N) is 5. The average molecular weight is 338 g/mol. The highest BCUT2D eigenvalue weighted by atomic mass is 16.5. The van der Waals surface area contributed by atoms with Gasteiger partial charge in [0, 0.05) is 74.3 Å². The van der Waals surface area contributed by atoms with Crippen molar-refractivity contribution in [1.29, 1.82) is 0 Å². The molecular formula is C18H22N6O. The largest absolute Gasteiger partial charge is 0.494 e. The maximum absolute atomic E-state index is 5.69. The molecule has 7 nitrogen and oxygen atoms in total. The summed E-state index contributed by atoms with van der Waals surface area (Å²) < 4.78 is 9.41. The topological polar surface area (TPSA) is 59.6 Å². The average Bonchev–Trinajstić information content (AvgIpc) is 3.14. The fourth-order valence-electron chi connectivity index (χ4n) is 4.10. The number of ether oxygens (including phenoxy) is 1. The van der Waals surface area contributed by atoms with Crippen LogP contribution in [0.1, 0.15) is 5.56 Å². The number of methoxy groups -OCH3 is 1. The summed E-state index contributed by atoms with van der Waals surface area (Å²) in [5.41, 5.74) is 4.93. The smallest absolute Gasteiger partial charge is 0.145 e. The summed E-state index contributed by atoms with van der Waals surface area (Å²) in [6.45, 7) is 5.60. The Balaban J connectivity index is 1.47. The first-order valence-electron chi connectivity index (χ1n) is 8.62. The molecule has 2 aliphatic rings. The van der Waals surface area contributed by atoms with E-state index in [-0.39, 0.29) is 0 Å². The molecule has 1 spiro atoms. The number of rotatable bonds is 4. The first-order valence-corrected chi connectivity index (χ1v) is 8.62. The van der Waals surface area contributed by atoms with Crippen LogP contribution in [0.2, 0.25) is 0 Å². The Morgan fingerprint density at radius 2 is 2.00 bits per heavy atom. The van der Waals surface area contributed by atoms with Gasteiger partial charge in [-0.1, -0.05) is 0 Å². The van der Waals surface area contributed by atoms with E-state index in [4.69, 9.17) is 4.74 Å². The monoisotopic (exact) mass is 338 g/mol. The first kappa shape index (κ1) is 14.9. The number of aryl methyl sites for hydroxylation is 1. The molecule has 1 N–H and O–H groups in total. The lowest BCUT2D eigenvalue weighted by molar-refractivity contribution is -0.0442. The van der Waals surface area contributed by atoms with Crippen LogP contribution in [0.15, 0.2) is 30.9 Å². The number of aromatic nitrogens is 4. The molecule has 3 aromatic rings. The van der Waals surface area contributed by atoms with Gasteiger partial charge in [0.25, 0.3) is 0 Å². The highest BCUT2D eigenvalue weighted by molar-refractivity contribution is 5.72. The third-order valence-electron chi connectivity index (χ3n) is 5.42. The quantitative estimate of drug-likeness (QED) is 0.773. The van der Waals surface area contributed by atoms with E-state index >= 15 is 0 Å². The van der Waals surface area contributed by atoms with Crippen LogP contribution in [0.4, 0.5) is 0 Å². The summed E-state index contributed by atoms with van der Waals surface area (Å²) in [6, 6.07) is 2.07. The van der Waals surface area contributed by atoms with Gasteiger partial charge < -0.3 is 10.1 Å². The zero-order valence-corrected chi connectivity index (χ0v) is 14.6. The Bertz CT molecular complexity index is 930. The molecule has 2 fully saturated rings. The summed E-state index contributed by atoms with van der Waals surface area (Å²) in [6.07, 6.45) is 7.87. The Morgan fingerprint density at radius 3 is 2.64 bits per heavy atom. The molecule has 0 bridgehead atoms. The number of pyridine rings is 1. The second-order valence-electron chi connectivity index (χ2n) is 7.41. The molecule has 3 aromatic heterocycles. The van der Waals surface area contributed by atoms with Gasteiger partial charge in [0.2, 0.25) is 0 Å². The van der Waals surface area contributed by atoms with E-state index in [0.717, 1.165) is 42.0 Å². The molecule has 5 heterocycles. The zero-order chi connectivity index (χ0) is 17.0. The van der Waals surface area contributed by atoms with Crippen molar-refractivity contribution < 1.29 is 4.74 Å². The molecule has 0 unspecified atom stereocenters. The van der Waals surface area contributed by atoms with E-state index in [1.807, 2.05) is 36.4 Å². The molecule has 0 saturated carbocycles. The normalized spacial score (nSPS) is 19.1.